The molecule has 0 aliphatic heterocycles. The fraction of sp³-hybridized carbons (Fsp3) is 0.250. The number of anilines is 1. The van der Waals surface area contributed by atoms with Gasteiger partial charge < -0.3 is 10.3 Å². The molecule has 0 spiro atoms. The van der Waals surface area contributed by atoms with Crippen molar-refractivity contribution in [3.05, 3.63) is 42.5 Å². The standard InChI is InChI=1S/C12H16N4O2S/c1-16(2)19(17,18)11-5-3-4-10(8-11)15-9-12-13-6-7-14-12/h3-8,15H,9H2,1-2H3,(H,13,14). The van der Waals surface area contributed by atoms with Gasteiger partial charge in [-0.3, -0.25) is 0 Å². The van der Waals surface area contributed by atoms with Crippen LogP contribution in [0.4, 0.5) is 5.69 Å². The van der Waals surface area contributed by atoms with E-state index in [1.54, 1.807) is 30.6 Å². The number of H-pyrrole nitrogens is 1. The van der Waals surface area contributed by atoms with E-state index in [0.29, 0.717) is 6.54 Å². The van der Waals surface area contributed by atoms with E-state index in [9.17, 15) is 8.42 Å². The fourth-order valence-corrected chi connectivity index (χ4v) is 2.51. The topological polar surface area (TPSA) is 78.1 Å². The van der Waals surface area contributed by atoms with Gasteiger partial charge >= 0.3 is 0 Å². The molecular weight excluding hydrogens is 264 g/mol. The van der Waals surface area contributed by atoms with Gasteiger partial charge in [0.1, 0.15) is 5.82 Å². The monoisotopic (exact) mass is 280 g/mol. The molecule has 7 heteroatoms. The predicted molar refractivity (Wildman–Crippen MR) is 73.2 cm³/mol. The molecule has 0 aliphatic rings. The number of aromatic amines is 1. The summed E-state index contributed by atoms with van der Waals surface area (Å²) in [5.74, 6) is 0.792. The number of sulfonamides is 1. The smallest absolute Gasteiger partial charge is 0.242 e. The maximum Gasteiger partial charge on any atom is 0.242 e. The van der Waals surface area contributed by atoms with Gasteiger partial charge in [0.2, 0.25) is 10.0 Å². The summed E-state index contributed by atoms with van der Waals surface area (Å²) in [5, 5.41) is 3.12. The summed E-state index contributed by atoms with van der Waals surface area (Å²) in [6, 6.07) is 6.71. The van der Waals surface area contributed by atoms with E-state index >= 15 is 0 Å². The van der Waals surface area contributed by atoms with Crippen LogP contribution >= 0.6 is 0 Å². The quantitative estimate of drug-likeness (QED) is 0.864. The second kappa shape index (κ2) is 5.41. The second-order valence-corrected chi connectivity index (χ2v) is 6.36. The molecule has 0 aliphatic carbocycles. The third-order valence-electron chi connectivity index (χ3n) is 2.63. The largest absolute Gasteiger partial charge is 0.378 e. The van der Waals surface area contributed by atoms with E-state index in [1.165, 1.54) is 18.4 Å². The molecule has 6 nitrogen and oxygen atoms in total. The molecule has 1 heterocycles. The molecule has 102 valence electrons. The third kappa shape index (κ3) is 3.12. The Balaban J connectivity index is 2.16. The summed E-state index contributed by atoms with van der Waals surface area (Å²) in [4.78, 5) is 7.32. The van der Waals surface area contributed by atoms with Crippen molar-refractivity contribution in [2.24, 2.45) is 0 Å². The van der Waals surface area contributed by atoms with Crippen LogP contribution in [0.25, 0.3) is 0 Å². The molecule has 0 bridgehead atoms. The van der Waals surface area contributed by atoms with Crippen LogP contribution in [-0.4, -0.2) is 36.8 Å². The molecule has 0 saturated carbocycles. The highest BCUT2D eigenvalue weighted by Gasteiger charge is 2.17. The molecule has 2 aromatic rings. The van der Waals surface area contributed by atoms with Crippen LogP contribution < -0.4 is 5.32 Å². The Kier molecular flexibility index (Phi) is 3.87. The predicted octanol–water partition coefficient (Wildman–Crippen LogP) is 1.27. The number of benzene rings is 1. The van der Waals surface area contributed by atoms with E-state index in [2.05, 4.69) is 15.3 Å². The van der Waals surface area contributed by atoms with Gasteiger partial charge in [-0.25, -0.2) is 17.7 Å². The molecule has 0 saturated heterocycles. The third-order valence-corrected chi connectivity index (χ3v) is 4.44. The van der Waals surface area contributed by atoms with Crippen molar-refractivity contribution in [3.63, 3.8) is 0 Å². The van der Waals surface area contributed by atoms with Crippen molar-refractivity contribution in [3.8, 4) is 0 Å². The summed E-state index contributed by atoms with van der Waals surface area (Å²) in [5.41, 5.74) is 0.735. The first-order valence-corrected chi connectivity index (χ1v) is 7.19. The van der Waals surface area contributed by atoms with Gasteiger partial charge in [-0.15, -0.1) is 0 Å². The van der Waals surface area contributed by atoms with E-state index in [0.717, 1.165) is 11.5 Å². The van der Waals surface area contributed by atoms with Crippen molar-refractivity contribution >= 4 is 15.7 Å². The fourth-order valence-electron chi connectivity index (χ4n) is 1.56. The van der Waals surface area contributed by atoms with E-state index in [4.69, 9.17) is 0 Å². The first-order chi connectivity index (χ1) is 9.00. The summed E-state index contributed by atoms with van der Waals surface area (Å²) < 4.78 is 25.2. The number of aromatic nitrogens is 2. The minimum Gasteiger partial charge on any atom is -0.378 e. The number of imidazole rings is 1. The van der Waals surface area contributed by atoms with Crippen molar-refractivity contribution in [1.29, 1.82) is 0 Å². The van der Waals surface area contributed by atoms with E-state index in [-0.39, 0.29) is 4.90 Å². The van der Waals surface area contributed by atoms with Crippen LogP contribution in [0.3, 0.4) is 0 Å². The average Bonchev–Trinajstić information content (AvgIpc) is 2.89. The Morgan fingerprint density at radius 1 is 1.37 bits per heavy atom. The summed E-state index contributed by atoms with van der Waals surface area (Å²) >= 11 is 0. The molecule has 1 aromatic heterocycles. The molecule has 0 amide bonds. The van der Waals surface area contributed by atoms with Crippen molar-refractivity contribution in [1.82, 2.24) is 14.3 Å². The number of nitrogens with zero attached hydrogens (tertiary/aromatic N) is 2. The van der Waals surface area contributed by atoms with Crippen LogP contribution in [0.5, 0.6) is 0 Å². The van der Waals surface area contributed by atoms with Gasteiger partial charge in [0.05, 0.1) is 11.4 Å². The zero-order chi connectivity index (χ0) is 13.9. The average molecular weight is 280 g/mol. The number of hydrogen-bond acceptors (Lipinski definition) is 4. The number of hydrogen-bond donors (Lipinski definition) is 2. The van der Waals surface area contributed by atoms with Gasteiger partial charge in [-0.2, -0.15) is 0 Å². The molecule has 2 rings (SSSR count). The van der Waals surface area contributed by atoms with Gasteiger partial charge in [0.25, 0.3) is 0 Å². The number of nitrogens with one attached hydrogen (secondary N) is 2. The Morgan fingerprint density at radius 3 is 2.79 bits per heavy atom. The van der Waals surface area contributed by atoms with Gasteiger partial charge in [-0.05, 0) is 18.2 Å². The molecule has 19 heavy (non-hydrogen) atoms. The highest BCUT2D eigenvalue weighted by atomic mass is 32.2. The zero-order valence-electron chi connectivity index (χ0n) is 10.8. The lowest BCUT2D eigenvalue weighted by molar-refractivity contribution is 0.521. The Morgan fingerprint density at radius 2 is 2.16 bits per heavy atom. The highest BCUT2D eigenvalue weighted by molar-refractivity contribution is 7.89. The Hall–Kier alpha value is -1.86. The van der Waals surface area contributed by atoms with Gasteiger partial charge in [-0.1, -0.05) is 6.07 Å². The van der Waals surface area contributed by atoms with Crippen LogP contribution in [-0.2, 0) is 16.6 Å². The van der Waals surface area contributed by atoms with Gasteiger partial charge in [0.15, 0.2) is 0 Å². The van der Waals surface area contributed by atoms with E-state index < -0.39 is 10.0 Å². The first kappa shape index (κ1) is 13.6. The first-order valence-electron chi connectivity index (χ1n) is 5.75. The zero-order valence-corrected chi connectivity index (χ0v) is 11.6. The molecule has 0 fully saturated rings. The van der Waals surface area contributed by atoms with Crippen LogP contribution in [0.2, 0.25) is 0 Å². The lowest BCUT2D eigenvalue weighted by atomic mass is 10.3. The second-order valence-electron chi connectivity index (χ2n) is 4.20. The molecule has 2 N–H and O–H groups in total. The van der Waals surface area contributed by atoms with Crippen molar-refractivity contribution in [2.75, 3.05) is 19.4 Å². The van der Waals surface area contributed by atoms with Crippen molar-refractivity contribution < 1.29 is 8.42 Å². The molecule has 0 atom stereocenters. The lowest BCUT2D eigenvalue weighted by Crippen LogP contribution is -2.22. The highest BCUT2D eigenvalue weighted by Crippen LogP contribution is 2.18. The maximum atomic E-state index is 12.0. The van der Waals surface area contributed by atoms with Crippen LogP contribution in [0.1, 0.15) is 5.82 Å². The molecule has 0 radical (unpaired) electrons. The normalized spacial score (nSPS) is 11.7. The number of rotatable bonds is 5. The Labute approximate surface area is 112 Å². The summed E-state index contributed by atoms with van der Waals surface area (Å²) in [6.07, 6.45) is 3.41. The SMILES string of the molecule is CN(C)S(=O)(=O)c1cccc(NCc2ncc[nH]2)c1. The van der Waals surface area contributed by atoms with Crippen LogP contribution in [0, 0.1) is 0 Å². The molecule has 1 aromatic carbocycles. The van der Waals surface area contributed by atoms with Crippen molar-refractivity contribution in [2.45, 2.75) is 11.4 Å². The minimum atomic E-state index is -3.40. The summed E-state index contributed by atoms with van der Waals surface area (Å²) in [7, 11) is -0.377. The maximum absolute atomic E-state index is 12.0. The molecular formula is C12H16N4O2S. The van der Waals surface area contributed by atoms with Crippen LogP contribution in [0.15, 0.2) is 41.6 Å². The Bertz CT molecular complexity index is 636. The summed E-state index contributed by atoms with van der Waals surface area (Å²) in [6.45, 7) is 0.512. The van der Waals surface area contributed by atoms with E-state index in [1.807, 2.05) is 6.07 Å². The van der Waals surface area contributed by atoms with Gasteiger partial charge in [0, 0.05) is 32.2 Å². The minimum absolute atomic E-state index is 0.266. The lowest BCUT2D eigenvalue weighted by Gasteiger charge is -2.12. The molecule has 0 unspecified atom stereocenters.